The zero-order chi connectivity index (χ0) is 12.9. The van der Waals surface area contributed by atoms with Crippen molar-refractivity contribution in [3.63, 3.8) is 0 Å². The predicted octanol–water partition coefficient (Wildman–Crippen LogP) is -0.620. The van der Waals surface area contributed by atoms with Crippen molar-refractivity contribution in [2.75, 3.05) is 46.4 Å². The molecule has 0 aliphatic rings. The Kier molecular flexibility index (Phi) is 12.1. The van der Waals surface area contributed by atoms with Crippen LogP contribution in [0.25, 0.3) is 0 Å². The van der Waals surface area contributed by atoms with Crippen molar-refractivity contribution < 1.29 is 10.2 Å². The summed E-state index contributed by atoms with van der Waals surface area (Å²) in [7, 11) is 1.90. The summed E-state index contributed by atoms with van der Waals surface area (Å²) in [5, 5.41) is 21.6. The van der Waals surface area contributed by atoms with E-state index in [0.717, 1.165) is 25.9 Å². The van der Waals surface area contributed by atoms with Crippen LogP contribution < -0.4 is 11.1 Å². The number of aliphatic hydroxyl groups is 2. The van der Waals surface area contributed by atoms with Crippen LogP contribution >= 0.6 is 0 Å². The summed E-state index contributed by atoms with van der Waals surface area (Å²) >= 11 is 0. The molecule has 0 rings (SSSR count). The minimum atomic E-state index is -0.365. The molecule has 17 heavy (non-hydrogen) atoms. The summed E-state index contributed by atoms with van der Waals surface area (Å²) < 4.78 is 0. The summed E-state index contributed by atoms with van der Waals surface area (Å²) in [5.74, 6) is 0. The first-order valence-corrected chi connectivity index (χ1v) is 6.59. The maximum absolute atomic E-state index is 9.68. The van der Waals surface area contributed by atoms with Crippen molar-refractivity contribution in [2.45, 2.75) is 31.8 Å². The highest BCUT2D eigenvalue weighted by molar-refractivity contribution is 4.64. The van der Waals surface area contributed by atoms with Crippen molar-refractivity contribution in [1.82, 2.24) is 10.2 Å². The van der Waals surface area contributed by atoms with Gasteiger partial charge in [-0.25, -0.2) is 0 Å². The van der Waals surface area contributed by atoms with E-state index in [1.54, 1.807) is 0 Å². The predicted molar refractivity (Wildman–Crippen MR) is 71.0 cm³/mol. The molecular weight excluding hydrogens is 218 g/mol. The zero-order valence-corrected chi connectivity index (χ0v) is 11.1. The molecule has 1 atom stereocenters. The summed E-state index contributed by atoms with van der Waals surface area (Å²) in [4.78, 5) is 1.92. The monoisotopic (exact) mass is 247 g/mol. The van der Waals surface area contributed by atoms with Crippen molar-refractivity contribution in [2.24, 2.45) is 5.73 Å². The van der Waals surface area contributed by atoms with E-state index in [1.165, 1.54) is 12.8 Å². The fourth-order valence-corrected chi connectivity index (χ4v) is 1.70. The number of rotatable bonds is 12. The Morgan fingerprint density at radius 1 is 1.24 bits per heavy atom. The molecule has 0 heterocycles. The lowest BCUT2D eigenvalue weighted by molar-refractivity contribution is 0.113. The number of nitrogens with two attached hydrogens (primary N) is 1. The highest BCUT2D eigenvalue weighted by atomic mass is 16.3. The van der Waals surface area contributed by atoms with Crippen molar-refractivity contribution in [3.8, 4) is 0 Å². The second-order valence-electron chi connectivity index (χ2n) is 4.55. The molecule has 0 saturated heterocycles. The first-order valence-electron chi connectivity index (χ1n) is 6.59. The molecule has 5 nitrogen and oxygen atoms in total. The highest BCUT2D eigenvalue weighted by Gasteiger charge is 2.06. The van der Waals surface area contributed by atoms with Crippen molar-refractivity contribution in [1.29, 1.82) is 0 Å². The number of unbranched alkanes of at least 4 members (excludes halogenated alkanes) is 3. The van der Waals surface area contributed by atoms with Crippen LogP contribution in [0.4, 0.5) is 0 Å². The van der Waals surface area contributed by atoms with Crippen LogP contribution in [0.1, 0.15) is 25.7 Å². The molecule has 0 aliphatic carbocycles. The lowest BCUT2D eigenvalue weighted by Gasteiger charge is -2.19. The van der Waals surface area contributed by atoms with E-state index in [-0.39, 0.29) is 12.7 Å². The van der Waals surface area contributed by atoms with Gasteiger partial charge in [0.25, 0.3) is 0 Å². The Labute approximate surface area is 105 Å². The topological polar surface area (TPSA) is 81.8 Å². The summed E-state index contributed by atoms with van der Waals surface area (Å²) in [5.41, 5.74) is 5.41. The van der Waals surface area contributed by atoms with Crippen molar-refractivity contribution in [3.05, 3.63) is 0 Å². The quantitative estimate of drug-likeness (QED) is 0.346. The van der Waals surface area contributed by atoms with Crippen LogP contribution in [0.5, 0.6) is 0 Å². The number of nitrogens with zero attached hydrogens (tertiary/aromatic N) is 1. The zero-order valence-electron chi connectivity index (χ0n) is 11.1. The molecule has 0 amide bonds. The molecule has 0 bridgehead atoms. The third-order valence-electron chi connectivity index (χ3n) is 2.69. The number of hydrogen-bond donors (Lipinski definition) is 4. The standard InChI is InChI=1S/C12H29N3O2/c1-15(8-9-16)11-12(17)10-14-7-5-3-2-4-6-13/h12,14,16-17H,2-11,13H2,1H3. The SMILES string of the molecule is CN(CCO)CC(O)CNCCCCCCN. The highest BCUT2D eigenvalue weighted by Crippen LogP contribution is 1.97. The summed E-state index contributed by atoms with van der Waals surface area (Å²) in [6.45, 7) is 3.69. The minimum Gasteiger partial charge on any atom is -0.395 e. The molecular formula is C12H29N3O2. The van der Waals surface area contributed by atoms with Gasteiger partial charge in [-0.15, -0.1) is 0 Å². The van der Waals surface area contributed by atoms with E-state index in [2.05, 4.69) is 5.32 Å². The van der Waals surface area contributed by atoms with Crippen LogP contribution in [0.15, 0.2) is 0 Å². The number of nitrogens with one attached hydrogen (secondary N) is 1. The lowest BCUT2D eigenvalue weighted by Crippen LogP contribution is -2.37. The van der Waals surface area contributed by atoms with Gasteiger partial charge in [0.05, 0.1) is 12.7 Å². The third-order valence-corrected chi connectivity index (χ3v) is 2.69. The number of aliphatic hydroxyl groups excluding tert-OH is 2. The van der Waals surface area contributed by atoms with Gasteiger partial charge in [0.15, 0.2) is 0 Å². The molecule has 0 aliphatic heterocycles. The Morgan fingerprint density at radius 2 is 1.94 bits per heavy atom. The number of likely N-dealkylation sites (N-methyl/N-ethyl adjacent to an activating group) is 1. The summed E-state index contributed by atoms with van der Waals surface area (Å²) in [6.07, 6.45) is 4.27. The molecule has 0 radical (unpaired) electrons. The van der Waals surface area contributed by atoms with E-state index < -0.39 is 0 Å². The summed E-state index contributed by atoms with van der Waals surface area (Å²) in [6, 6.07) is 0. The fraction of sp³-hybridized carbons (Fsp3) is 1.00. The van der Waals surface area contributed by atoms with Crippen LogP contribution in [0.3, 0.4) is 0 Å². The molecule has 0 aromatic rings. The van der Waals surface area contributed by atoms with Gasteiger partial charge in [-0.2, -0.15) is 0 Å². The van der Waals surface area contributed by atoms with Gasteiger partial charge in [-0.05, 0) is 33.0 Å². The van der Waals surface area contributed by atoms with Crippen LogP contribution in [0.2, 0.25) is 0 Å². The molecule has 5 N–H and O–H groups in total. The van der Waals surface area contributed by atoms with Gasteiger partial charge in [0, 0.05) is 19.6 Å². The van der Waals surface area contributed by atoms with Gasteiger partial charge in [0.1, 0.15) is 0 Å². The van der Waals surface area contributed by atoms with Crippen LogP contribution in [0, 0.1) is 0 Å². The Hall–Kier alpha value is -0.200. The van der Waals surface area contributed by atoms with Crippen LogP contribution in [-0.4, -0.2) is 67.6 Å². The molecule has 1 unspecified atom stereocenters. The van der Waals surface area contributed by atoms with Gasteiger partial charge >= 0.3 is 0 Å². The number of hydrogen-bond acceptors (Lipinski definition) is 5. The van der Waals surface area contributed by atoms with E-state index >= 15 is 0 Å². The molecule has 5 heteroatoms. The normalized spacial score (nSPS) is 13.2. The average Bonchev–Trinajstić information content (AvgIpc) is 2.28. The van der Waals surface area contributed by atoms with Gasteiger partial charge in [-0.3, -0.25) is 0 Å². The van der Waals surface area contributed by atoms with Gasteiger partial charge in [-0.1, -0.05) is 12.8 Å². The average molecular weight is 247 g/mol. The Balaban J connectivity index is 3.24. The van der Waals surface area contributed by atoms with Gasteiger partial charge in [0.2, 0.25) is 0 Å². The lowest BCUT2D eigenvalue weighted by atomic mass is 10.2. The maximum atomic E-state index is 9.68. The molecule has 0 aromatic carbocycles. The first kappa shape index (κ1) is 16.8. The van der Waals surface area contributed by atoms with E-state index in [1.807, 2.05) is 11.9 Å². The molecule has 104 valence electrons. The molecule has 0 spiro atoms. The molecule has 0 saturated carbocycles. The van der Waals surface area contributed by atoms with Crippen LogP contribution in [-0.2, 0) is 0 Å². The Bertz CT molecular complexity index is 159. The second kappa shape index (κ2) is 12.3. The maximum Gasteiger partial charge on any atom is 0.0791 e. The smallest absolute Gasteiger partial charge is 0.0791 e. The van der Waals surface area contributed by atoms with Crippen molar-refractivity contribution >= 4 is 0 Å². The van der Waals surface area contributed by atoms with E-state index in [0.29, 0.717) is 19.6 Å². The Morgan fingerprint density at radius 3 is 2.59 bits per heavy atom. The van der Waals surface area contributed by atoms with E-state index in [9.17, 15) is 5.11 Å². The largest absolute Gasteiger partial charge is 0.395 e. The third kappa shape index (κ3) is 12.1. The molecule has 0 aromatic heterocycles. The molecule has 0 fully saturated rings. The van der Waals surface area contributed by atoms with E-state index in [4.69, 9.17) is 10.8 Å². The van der Waals surface area contributed by atoms with Gasteiger partial charge < -0.3 is 26.2 Å². The first-order chi connectivity index (χ1) is 8.20. The minimum absolute atomic E-state index is 0.137. The fourth-order valence-electron chi connectivity index (χ4n) is 1.70. The second-order valence-corrected chi connectivity index (χ2v) is 4.55.